The lowest BCUT2D eigenvalue weighted by Crippen LogP contribution is -2.29. The molecule has 1 fully saturated rings. The standard InChI is InChI=1S/C15H19ClN2O/c16-13-3-1-2-12(9-13)14-10-18-15(19-14)8-11-4-6-17-7-5-11/h1-3,9,11,14,17H,4-8,10H2. The summed E-state index contributed by atoms with van der Waals surface area (Å²) in [4.78, 5) is 4.55. The maximum Gasteiger partial charge on any atom is 0.184 e. The van der Waals surface area contributed by atoms with Crippen molar-refractivity contribution >= 4 is 17.5 Å². The van der Waals surface area contributed by atoms with Gasteiger partial charge >= 0.3 is 0 Å². The van der Waals surface area contributed by atoms with Crippen molar-refractivity contribution in [1.82, 2.24) is 5.32 Å². The van der Waals surface area contributed by atoms with E-state index >= 15 is 0 Å². The van der Waals surface area contributed by atoms with Gasteiger partial charge in [-0.15, -0.1) is 0 Å². The molecule has 0 radical (unpaired) electrons. The van der Waals surface area contributed by atoms with E-state index in [-0.39, 0.29) is 6.10 Å². The molecule has 1 unspecified atom stereocenters. The molecule has 2 aliphatic rings. The summed E-state index contributed by atoms with van der Waals surface area (Å²) >= 11 is 6.02. The van der Waals surface area contributed by atoms with Crippen molar-refractivity contribution in [2.24, 2.45) is 10.9 Å². The molecule has 2 aliphatic heterocycles. The molecule has 0 bridgehead atoms. The normalized spacial score (nSPS) is 24.1. The van der Waals surface area contributed by atoms with E-state index in [1.807, 2.05) is 18.2 Å². The smallest absolute Gasteiger partial charge is 0.184 e. The number of rotatable bonds is 3. The van der Waals surface area contributed by atoms with Crippen LogP contribution in [0.25, 0.3) is 0 Å². The highest BCUT2D eigenvalue weighted by Crippen LogP contribution is 2.28. The van der Waals surface area contributed by atoms with Crippen LogP contribution in [-0.2, 0) is 4.74 Å². The zero-order valence-electron chi connectivity index (χ0n) is 10.9. The van der Waals surface area contributed by atoms with E-state index < -0.39 is 0 Å². The van der Waals surface area contributed by atoms with Gasteiger partial charge in [-0.25, -0.2) is 0 Å². The lowest BCUT2D eigenvalue weighted by atomic mass is 9.95. The Labute approximate surface area is 119 Å². The third-order valence-corrected chi connectivity index (χ3v) is 4.09. The Morgan fingerprint density at radius 1 is 1.32 bits per heavy atom. The Bertz CT molecular complexity index is 469. The summed E-state index contributed by atoms with van der Waals surface area (Å²) in [5, 5.41) is 4.14. The predicted molar refractivity (Wildman–Crippen MR) is 77.8 cm³/mol. The van der Waals surface area contributed by atoms with Crippen molar-refractivity contribution in [3.05, 3.63) is 34.9 Å². The van der Waals surface area contributed by atoms with E-state index in [2.05, 4.69) is 16.4 Å². The lowest BCUT2D eigenvalue weighted by molar-refractivity contribution is 0.216. The third kappa shape index (κ3) is 3.28. The van der Waals surface area contributed by atoms with Gasteiger partial charge in [0.1, 0.15) is 6.10 Å². The Hall–Kier alpha value is -1.06. The summed E-state index contributed by atoms with van der Waals surface area (Å²) < 4.78 is 5.98. The first-order valence-corrected chi connectivity index (χ1v) is 7.35. The van der Waals surface area contributed by atoms with Crippen LogP contribution >= 0.6 is 11.6 Å². The molecule has 3 nitrogen and oxygen atoms in total. The van der Waals surface area contributed by atoms with Crippen LogP contribution in [0.1, 0.15) is 30.9 Å². The van der Waals surface area contributed by atoms with Crippen molar-refractivity contribution in [2.75, 3.05) is 19.6 Å². The SMILES string of the molecule is Clc1cccc(C2CN=C(CC3CCNCC3)O2)c1. The van der Waals surface area contributed by atoms with Gasteiger partial charge in [-0.2, -0.15) is 0 Å². The Balaban J connectivity index is 1.57. The van der Waals surface area contributed by atoms with E-state index in [9.17, 15) is 0 Å². The summed E-state index contributed by atoms with van der Waals surface area (Å²) in [6.45, 7) is 2.96. The zero-order chi connectivity index (χ0) is 13.1. The summed E-state index contributed by atoms with van der Waals surface area (Å²) in [7, 11) is 0. The molecule has 0 aliphatic carbocycles. The summed E-state index contributed by atoms with van der Waals surface area (Å²) in [5.41, 5.74) is 1.12. The average molecular weight is 279 g/mol. The number of hydrogen-bond donors (Lipinski definition) is 1. The fourth-order valence-electron chi connectivity index (χ4n) is 2.75. The van der Waals surface area contributed by atoms with Gasteiger partial charge in [0.05, 0.1) is 6.54 Å². The number of piperidine rings is 1. The number of nitrogens with zero attached hydrogens (tertiary/aromatic N) is 1. The third-order valence-electron chi connectivity index (χ3n) is 3.85. The average Bonchev–Trinajstić information content (AvgIpc) is 2.88. The van der Waals surface area contributed by atoms with Crippen LogP contribution in [0, 0.1) is 5.92 Å². The molecule has 1 atom stereocenters. The highest BCUT2D eigenvalue weighted by molar-refractivity contribution is 6.30. The molecule has 0 spiro atoms. The minimum atomic E-state index is 0.0513. The fraction of sp³-hybridized carbons (Fsp3) is 0.533. The maximum absolute atomic E-state index is 6.02. The van der Waals surface area contributed by atoms with Gasteiger partial charge in [0.15, 0.2) is 5.90 Å². The molecule has 4 heteroatoms. The summed E-state index contributed by atoms with van der Waals surface area (Å²) in [6, 6.07) is 7.87. The van der Waals surface area contributed by atoms with Crippen LogP contribution in [0.3, 0.4) is 0 Å². The Kier molecular flexibility index (Phi) is 4.04. The molecular formula is C15H19ClN2O. The zero-order valence-corrected chi connectivity index (χ0v) is 11.7. The minimum absolute atomic E-state index is 0.0513. The fourth-order valence-corrected chi connectivity index (χ4v) is 2.95. The number of aliphatic imine (C=N–C) groups is 1. The van der Waals surface area contributed by atoms with Crippen LogP contribution in [0.15, 0.2) is 29.3 Å². The number of hydrogen-bond acceptors (Lipinski definition) is 3. The molecule has 1 N–H and O–H groups in total. The van der Waals surface area contributed by atoms with Crippen LogP contribution in [-0.4, -0.2) is 25.5 Å². The van der Waals surface area contributed by atoms with Crippen molar-refractivity contribution in [3.63, 3.8) is 0 Å². The molecular weight excluding hydrogens is 260 g/mol. The molecule has 0 saturated carbocycles. The van der Waals surface area contributed by atoms with E-state index in [0.717, 1.165) is 48.5 Å². The van der Waals surface area contributed by atoms with E-state index in [0.29, 0.717) is 0 Å². The van der Waals surface area contributed by atoms with E-state index in [1.165, 1.54) is 12.8 Å². The largest absolute Gasteiger partial charge is 0.471 e. The topological polar surface area (TPSA) is 33.6 Å². The molecule has 2 heterocycles. The lowest BCUT2D eigenvalue weighted by Gasteiger charge is -2.22. The monoisotopic (exact) mass is 278 g/mol. The van der Waals surface area contributed by atoms with Crippen molar-refractivity contribution in [1.29, 1.82) is 0 Å². The van der Waals surface area contributed by atoms with Gasteiger partial charge in [0.2, 0.25) is 0 Å². The van der Waals surface area contributed by atoms with Gasteiger partial charge in [0.25, 0.3) is 0 Å². The van der Waals surface area contributed by atoms with Gasteiger partial charge < -0.3 is 10.1 Å². The van der Waals surface area contributed by atoms with Crippen molar-refractivity contribution in [3.8, 4) is 0 Å². The maximum atomic E-state index is 6.02. The molecule has 102 valence electrons. The summed E-state index contributed by atoms with van der Waals surface area (Å²) in [6.07, 6.45) is 3.49. The molecule has 1 aromatic rings. The van der Waals surface area contributed by atoms with Crippen LogP contribution in [0.2, 0.25) is 5.02 Å². The van der Waals surface area contributed by atoms with Crippen LogP contribution < -0.4 is 5.32 Å². The number of ether oxygens (including phenoxy) is 1. The van der Waals surface area contributed by atoms with E-state index in [4.69, 9.17) is 16.3 Å². The van der Waals surface area contributed by atoms with Crippen LogP contribution in [0.4, 0.5) is 0 Å². The number of halogens is 1. The van der Waals surface area contributed by atoms with Crippen molar-refractivity contribution in [2.45, 2.75) is 25.4 Å². The van der Waals surface area contributed by atoms with Crippen LogP contribution in [0.5, 0.6) is 0 Å². The van der Waals surface area contributed by atoms with Gasteiger partial charge in [0, 0.05) is 11.4 Å². The first-order valence-electron chi connectivity index (χ1n) is 6.97. The molecule has 0 amide bonds. The second-order valence-electron chi connectivity index (χ2n) is 5.29. The Morgan fingerprint density at radius 3 is 2.95 bits per heavy atom. The molecule has 1 aromatic carbocycles. The summed E-state index contributed by atoms with van der Waals surface area (Å²) in [5.74, 6) is 1.65. The minimum Gasteiger partial charge on any atom is -0.471 e. The molecule has 0 aromatic heterocycles. The van der Waals surface area contributed by atoms with Gasteiger partial charge in [-0.1, -0.05) is 23.7 Å². The molecule has 3 rings (SSSR count). The highest BCUT2D eigenvalue weighted by Gasteiger charge is 2.24. The second kappa shape index (κ2) is 5.93. The first kappa shape index (κ1) is 12.9. The molecule has 1 saturated heterocycles. The van der Waals surface area contributed by atoms with E-state index in [1.54, 1.807) is 0 Å². The first-order chi connectivity index (χ1) is 9.31. The van der Waals surface area contributed by atoms with Gasteiger partial charge in [-0.05, 0) is 49.5 Å². The quantitative estimate of drug-likeness (QED) is 0.921. The predicted octanol–water partition coefficient (Wildman–Crippen LogP) is 3.20. The Morgan fingerprint density at radius 2 is 2.16 bits per heavy atom. The highest BCUT2D eigenvalue weighted by atomic mass is 35.5. The number of nitrogens with one attached hydrogen (secondary N) is 1. The van der Waals surface area contributed by atoms with Gasteiger partial charge in [-0.3, -0.25) is 4.99 Å². The second-order valence-corrected chi connectivity index (χ2v) is 5.73. The number of benzene rings is 1. The van der Waals surface area contributed by atoms with Crippen molar-refractivity contribution < 1.29 is 4.74 Å². The molecule has 19 heavy (non-hydrogen) atoms.